The molecule has 1 aliphatic carbocycles. The number of aromatic nitrogens is 1. The standard InChI is InChI=1S/C29H39N9OS/c1-3-26(39)38-14-12-36(13-15-38)21-16-23(34-25(17-21)37-10-8-35(4-2)9-11-37)28(31)33-19-20-6-5-7-24-27(20)22(18-30)29(32)40-24/h3,16-17,20H,1,4-15,19,32H2,2H3,(H2,31,33). The van der Waals surface area contributed by atoms with E-state index in [9.17, 15) is 10.1 Å². The molecule has 0 aromatic carbocycles. The minimum atomic E-state index is -0.0290. The van der Waals surface area contributed by atoms with Crippen molar-refractivity contribution in [1.29, 1.82) is 5.26 Å². The van der Waals surface area contributed by atoms with Crippen molar-refractivity contribution in [2.75, 3.05) is 81.0 Å². The summed E-state index contributed by atoms with van der Waals surface area (Å²) in [6.07, 6.45) is 4.36. The van der Waals surface area contributed by atoms with Crippen molar-refractivity contribution in [1.82, 2.24) is 14.8 Å². The zero-order valence-corrected chi connectivity index (χ0v) is 24.1. The molecule has 40 heavy (non-hydrogen) atoms. The molecule has 1 unspecified atom stereocenters. The number of nitriles is 1. The summed E-state index contributed by atoms with van der Waals surface area (Å²) in [5.74, 6) is 1.41. The van der Waals surface area contributed by atoms with Gasteiger partial charge in [0.15, 0.2) is 0 Å². The van der Waals surface area contributed by atoms with E-state index in [-0.39, 0.29) is 11.8 Å². The van der Waals surface area contributed by atoms with E-state index in [4.69, 9.17) is 21.4 Å². The molecule has 11 heteroatoms. The monoisotopic (exact) mass is 561 g/mol. The second-order valence-corrected chi connectivity index (χ2v) is 11.7. The Kier molecular flexibility index (Phi) is 8.57. The number of pyridine rings is 1. The second-order valence-electron chi connectivity index (χ2n) is 10.6. The third kappa shape index (κ3) is 5.78. The lowest BCUT2D eigenvalue weighted by Gasteiger charge is -2.37. The average molecular weight is 562 g/mol. The van der Waals surface area contributed by atoms with E-state index in [0.717, 1.165) is 82.1 Å². The molecule has 2 saturated heterocycles. The topological polar surface area (TPSA) is 131 Å². The van der Waals surface area contributed by atoms with E-state index in [2.05, 4.69) is 40.3 Å². The summed E-state index contributed by atoms with van der Waals surface area (Å²) in [6.45, 7) is 13.9. The van der Waals surface area contributed by atoms with Crippen molar-refractivity contribution >= 4 is 39.6 Å². The summed E-state index contributed by atoms with van der Waals surface area (Å²) in [6, 6.07) is 6.47. The number of hydrogen-bond donors (Lipinski definition) is 2. The fourth-order valence-corrected chi connectivity index (χ4v) is 7.10. The van der Waals surface area contributed by atoms with Gasteiger partial charge >= 0.3 is 0 Å². The van der Waals surface area contributed by atoms with Crippen LogP contribution in [0.5, 0.6) is 0 Å². The van der Waals surface area contributed by atoms with Gasteiger partial charge in [0.1, 0.15) is 28.4 Å². The van der Waals surface area contributed by atoms with Crippen LogP contribution in [0.3, 0.4) is 0 Å². The van der Waals surface area contributed by atoms with Crippen molar-refractivity contribution in [3.05, 3.63) is 46.5 Å². The summed E-state index contributed by atoms with van der Waals surface area (Å²) < 4.78 is 0. The van der Waals surface area contributed by atoms with Gasteiger partial charge in [-0.3, -0.25) is 9.79 Å². The normalized spacial score (nSPS) is 20.2. The molecule has 212 valence electrons. The number of thiophene rings is 1. The van der Waals surface area contributed by atoms with Gasteiger partial charge in [-0.25, -0.2) is 4.98 Å². The number of amidine groups is 1. The van der Waals surface area contributed by atoms with Gasteiger partial charge in [0.05, 0.1) is 5.56 Å². The van der Waals surface area contributed by atoms with Gasteiger partial charge in [0.2, 0.25) is 5.91 Å². The highest BCUT2D eigenvalue weighted by Gasteiger charge is 2.28. The first-order valence-corrected chi connectivity index (χ1v) is 15.0. The Morgan fingerprint density at radius 1 is 1.20 bits per heavy atom. The Bertz CT molecular complexity index is 1310. The number of aliphatic imine (C=N–C) groups is 1. The highest BCUT2D eigenvalue weighted by molar-refractivity contribution is 7.16. The second kappa shape index (κ2) is 12.3. The molecule has 2 fully saturated rings. The average Bonchev–Trinajstić information content (AvgIpc) is 3.34. The molecule has 0 radical (unpaired) electrons. The molecule has 5 rings (SSSR count). The van der Waals surface area contributed by atoms with Gasteiger partial charge in [0, 0.05) is 81.5 Å². The molecule has 0 saturated carbocycles. The summed E-state index contributed by atoms with van der Waals surface area (Å²) in [5, 5.41) is 10.3. The highest BCUT2D eigenvalue weighted by atomic mass is 32.1. The number of hydrogen-bond acceptors (Lipinski definition) is 9. The summed E-state index contributed by atoms with van der Waals surface area (Å²) in [4.78, 5) is 32.0. The first-order valence-electron chi connectivity index (χ1n) is 14.2. The zero-order valence-electron chi connectivity index (χ0n) is 23.3. The number of carbonyl (C=O) groups excluding carboxylic acids is 1. The van der Waals surface area contributed by atoms with Crippen molar-refractivity contribution in [3.8, 4) is 6.07 Å². The molecule has 1 atom stereocenters. The molecule has 10 nitrogen and oxygen atoms in total. The SMILES string of the molecule is C=CC(=O)N1CCN(c2cc(C(N)=NCC3CCCc4sc(N)c(C#N)c43)nc(N3CCN(CC)CC3)c2)CC1. The van der Waals surface area contributed by atoms with Gasteiger partial charge in [-0.15, -0.1) is 11.3 Å². The number of carbonyl (C=O) groups is 1. The van der Waals surface area contributed by atoms with Crippen LogP contribution in [0.25, 0.3) is 0 Å². The first-order chi connectivity index (χ1) is 19.4. The van der Waals surface area contributed by atoms with Crippen LogP contribution < -0.4 is 21.3 Å². The number of fused-ring (bicyclic) bond motifs is 1. The number of rotatable bonds is 7. The Morgan fingerprint density at radius 2 is 1.93 bits per heavy atom. The minimum absolute atomic E-state index is 0.0290. The van der Waals surface area contributed by atoms with Gasteiger partial charge in [-0.1, -0.05) is 13.5 Å². The molecule has 2 aromatic heterocycles. The maximum Gasteiger partial charge on any atom is 0.246 e. The number of anilines is 3. The lowest BCUT2D eigenvalue weighted by Crippen LogP contribution is -2.48. The molecular formula is C29H39N9OS. The minimum Gasteiger partial charge on any atom is -0.389 e. The predicted molar refractivity (Wildman–Crippen MR) is 162 cm³/mol. The molecule has 1 amide bonds. The molecule has 2 aromatic rings. The van der Waals surface area contributed by atoms with Crippen molar-refractivity contribution in [2.24, 2.45) is 10.7 Å². The van der Waals surface area contributed by atoms with E-state index in [1.165, 1.54) is 22.3 Å². The van der Waals surface area contributed by atoms with Crippen LogP contribution in [0.2, 0.25) is 0 Å². The van der Waals surface area contributed by atoms with E-state index >= 15 is 0 Å². The number of amides is 1. The Balaban J connectivity index is 1.40. The Labute approximate surface area is 240 Å². The third-order valence-electron chi connectivity index (χ3n) is 8.34. The quantitative estimate of drug-likeness (QED) is 0.299. The smallest absolute Gasteiger partial charge is 0.246 e. The molecule has 4 N–H and O–H groups in total. The summed E-state index contributed by atoms with van der Waals surface area (Å²) >= 11 is 1.54. The molecule has 4 heterocycles. The fourth-order valence-electron chi connectivity index (χ4n) is 5.95. The zero-order chi connectivity index (χ0) is 28.2. The van der Waals surface area contributed by atoms with Crippen LogP contribution in [0, 0.1) is 11.3 Å². The number of nitrogens with two attached hydrogens (primary N) is 2. The molecular weight excluding hydrogens is 522 g/mol. The molecule has 2 aliphatic heterocycles. The van der Waals surface area contributed by atoms with Gasteiger partial charge in [0.25, 0.3) is 0 Å². The number of piperazine rings is 2. The van der Waals surface area contributed by atoms with Crippen LogP contribution in [0.4, 0.5) is 16.5 Å². The molecule has 0 bridgehead atoms. The van der Waals surface area contributed by atoms with Crippen LogP contribution in [0.1, 0.15) is 47.4 Å². The highest BCUT2D eigenvalue weighted by Crippen LogP contribution is 2.42. The number of aryl methyl sites for hydroxylation is 1. The van der Waals surface area contributed by atoms with Crippen molar-refractivity contribution in [2.45, 2.75) is 32.1 Å². The third-order valence-corrected chi connectivity index (χ3v) is 9.44. The molecule has 3 aliphatic rings. The number of nitrogens with zero attached hydrogens (tertiary/aromatic N) is 7. The van der Waals surface area contributed by atoms with Crippen LogP contribution >= 0.6 is 11.3 Å². The Morgan fingerprint density at radius 3 is 2.60 bits per heavy atom. The van der Waals surface area contributed by atoms with E-state index in [1.807, 2.05) is 11.0 Å². The van der Waals surface area contributed by atoms with Crippen LogP contribution in [0.15, 0.2) is 29.8 Å². The van der Waals surface area contributed by atoms with Gasteiger partial charge in [-0.2, -0.15) is 5.26 Å². The van der Waals surface area contributed by atoms with Crippen molar-refractivity contribution in [3.63, 3.8) is 0 Å². The lowest BCUT2D eigenvalue weighted by atomic mass is 9.85. The van der Waals surface area contributed by atoms with Gasteiger partial charge in [-0.05, 0) is 43.5 Å². The first kappa shape index (κ1) is 27.9. The van der Waals surface area contributed by atoms with Crippen molar-refractivity contribution < 1.29 is 4.79 Å². The maximum atomic E-state index is 12.1. The number of likely N-dealkylation sites (N-methyl/N-ethyl adjacent to an activating group) is 1. The molecule has 0 spiro atoms. The van der Waals surface area contributed by atoms with Gasteiger partial charge < -0.3 is 31.1 Å². The predicted octanol–water partition coefficient (Wildman–Crippen LogP) is 2.40. The van der Waals surface area contributed by atoms with E-state index < -0.39 is 0 Å². The lowest BCUT2D eigenvalue weighted by molar-refractivity contribution is -0.126. The largest absolute Gasteiger partial charge is 0.389 e. The van der Waals surface area contributed by atoms with E-state index in [1.54, 1.807) is 0 Å². The van der Waals surface area contributed by atoms with E-state index in [0.29, 0.717) is 41.7 Å². The van der Waals surface area contributed by atoms with Crippen LogP contribution in [-0.4, -0.2) is 92.0 Å². The maximum absolute atomic E-state index is 12.1. The fraction of sp³-hybridized carbons (Fsp3) is 0.517. The summed E-state index contributed by atoms with van der Waals surface area (Å²) in [5.41, 5.74) is 16.2. The van der Waals surface area contributed by atoms with Crippen LogP contribution in [-0.2, 0) is 11.2 Å². The number of nitrogen functional groups attached to an aromatic ring is 1. The summed E-state index contributed by atoms with van der Waals surface area (Å²) in [7, 11) is 0. The Hall–Kier alpha value is -3.62.